The lowest BCUT2D eigenvalue weighted by Gasteiger charge is -2.17. The Morgan fingerprint density at radius 1 is 0.846 bits per heavy atom. The number of para-hydroxylation sites is 2. The molecule has 3 aromatic carbocycles. The number of hydrogen-bond acceptors (Lipinski definition) is 3. The lowest BCUT2D eigenvalue weighted by molar-refractivity contribution is -0.120. The zero-order chi connectivity index (χ0) is 17.8. The van der Waals surface area contributed by atoms with Gasteiger partial charge in [0.05, 0.1) is 0 Å². The average Bonchev–Trinajstić information content (AvgIpc) is 3.11. The van der Waals surface area contributed by atoms with E-state index in [0.29, 0.717) is 18.0 Å². The van der Waals surface area contributed by atoms with Crippen molar-refractivity contribution in [1.29, 1.82) is 0 Å². The first kappa shape index (κ1) is 16.2. The summed E-state index contributed by atoms with van der Waals surface area (Å²) in [5.74, 6) is 2.01. The summed E-state index contributed by atoms with van der Waals surface area (Å²) in [6.45, 7) is 0.710. The van der Waals surface area contributed by atoms with Gasteiger partial charge >= 0.3 is 0 Å². The van der Waals surface area contributed by atoms with Gasteiger partial charge in [-0.2, -0.15) is 0 Å². The lowest BCUT2D eigenvalue weighted by Crippen LogP contribution is -2.33. The molecular formula is C22H19NO3. The molecule has 0 radical (unpaired) electrons. The average molecular weight is 345 g/mol. The summed E-state index contributed by atoms with van der Waals surface area (Å²) in [4.78, 5) is 14.3. The molecule has 0 unspecified atom stereocenters. The third-order valence-electron chi connectivity index (χ3n) is 4.33. The number of rotatable bonds is 5. The number of amides is 1. The molecule has 0 saturated heterocycles. The molecule has 0 fully saturated rings. The first-order chi connectivity index (χ1) is 12.8. The van der Waals surface area contributed by atoms with Gasteiger partial charge < -0.3 is 14.4 Å². The van der Waals surface area contributed by atoms with Gasteiger partial charge in [-0.25, -0.2) is 0 Å². The van der Waals surface area contributed by atoms with Gasteiger partial charge in [-0.15, -0.1) is 0 Å². The fraction of sp³-hybridized carbons (Fsp3) is 0.136. The number of carbonyl (C=O) groups excluding carboxylic acids is 1. The van der Waals surface area contributed by atoms with Crippen LogP contribution in [-0.2, 0) is 11.2 Å². The number of ether oxygens (including phenoxy) is 2. The van der Waals surface area contributed by atoms with Crippen molar-refractivity contribution in [3.63, 3.8) is 0 Å². The van der Waals surface area contributed by atoms with Crippen LogP contribution >= 0.6 is 0 Å². The van der Waals surface area contributed by atoms with E-state index in [1.165, 1.54) is 5.56 Å². The van der Waals surface area contributed by atoms with Crippen molar-refractivity contribution in [1.82, 2.24) is 0 Å². The maximum atomic E-state index is 12.5. The highest BCUT2D eigenvalue weighted by atomic mass is 16.5. The van der Waals surface area contributed by atoms with Crippen LogP contribution in [0.3, 0.4) is 0 Å². The molecule has 130 valence electrons. The fourth-order valence-electron chi connectivity index (χ4n) is 3.07. The van der Waals surface area contributed by atoms with E-state index in [9.17, 15) is 4.79 Å². The van der Waals surface area contributed by atoms with Crippen LogP contribution in [0.2, 0.25) is 0 Å². The quantitative estimate of drug-likeness (QED) is 0.686. The Morgan fingerprint density at radius 3 is 2.46 bits per heavy atom. The smallest absolute Gasteiger partial charge is 0.264 e. The van der Waals surface area contributed by atoms with Crippen LogP contribution in [-0.4, -0.2) is 19.1 Å². The summed E-state index contributed by atoms with van der Waals surface area (Å²) >= 11 is 0. The molecule has 4 rings (SSSR count). The van der Waals surface area contributed by atoms with Crippen molar-refractivity contribution < 1.29 is 14.3 Å². The minimum Gasteiger partial charge on any atom is -0.484 e. The van der Waals surface area contributed by atoms with E-state index in [-0.39, 0.29) is 12.5 Å². The molecule has 4 heteroatoms. The normalized spacial score (nSPS) is 12.5. The number of benzene rings is 3. The van der Waals surface area contributed by atoms with Crippen LogP contribution in [0.1, 0.15) is 5.56 Å². The third-order valence-corrected chi connectivity index (χ3v) is 4.33. The third kappa shape index (κ3) is 3.54. The van der Waals surface area contributed by atoms with Crippen molar-refractivity contribution in [2.45, 2.75) is 6.42 Å². The predicted octanol–water partition coefficient (Wildman–Crippen LogP) is 4.45. The van der Waals surface area contributed by atoms with Gasteiger partial charge in [0.15, 0.2) is 6.61 Å². The second kappa shape index (κ2) is 7.31. The molecule has 0 N–H and O–H groups in total. The topological polar surface area (TPSA) is 38.8 Å². The summed E-state index contributed by atoms with van der Waals surface area (Å²) in [5, 5.41) is 0. The monoisotopic (exact) mass is 345 g/mol. The Labute approximate surface area is 152 Å². The maximum Gasteiger partial charge on any atom is 0.264 e. The first-order valence-electron chi connectivity index (χ1n) is 8.64. The molecule has 1 aliphatic heterocycles. The summed E-state index contributed by atoms with van der Waals surface area (Å²) in [6, 6.07) is 24.9. The largest absolute Gasteiger partial charge is 0.484 e. The number of nitrogens with zero attached hydrogens (tertiary/aromatic N) is 1. The molecule has 0 aliphatic carbocycles. The van der Waals surface area contributed by atoms with E-state index in [1.807, 2.05) is 66.7 Å². The second-order valence-corrected chi connectivity index (χ2v) is 6.10. The van der Waals surface area contributed by atoms with Gasteiger partial charge in [0.1, 0.15) is 17.2 Å². The van der Waals surface area contributed by atoms with E-state index in [0.717, 1.165) is 17.9 Å². The van der Waals surface area contributed by atoms with Crippen molar-refractivity contribution in [3.8, 4) is 17.2 Å². The molecule has 0 aromatic heterocycles. The van der Waals surface area contributed by atoms with Crippen molar-refractivity contribution in [2.24, 2.45) is 0 Å². The standard InChI is InChI=1S/C22H19NO3/c24-22(23-14-13-17-7-4-5-12-21(17)23)16-25-19-10-6-11-20(15-19)26-18-8-2-1-3-9-18/h1-12,15H,13-14,16H2. The van der Waals surface area contributed by atoms with E-state index in [2.05, 4.69) is 6.07 Å². The molecule has 4 nitrogen and oxygen atoms in total. The summed E-state index contributed by atoms with van der Waals surface area (Å²) in [6.07, 6.45) is 0.891. The maximum absolute atomic E-state index is 12.5. The highest BCUT2D eigenvalue weighted by molar-refractivity contribution is 5.96. The van der Waals surface area contributed by atoms with E-state index in [1.54, 1.807) is 11.0 Å². The number of anilines is 1. The van der Waals surface area contributed by atoms with Crippen LogP contribution in [0.5, 0.6) is 17.2 Å². The van der Waals surface area contributed by atoms with Gasteiger partial charge in [-0.1, -0.05) is 42.5 Å². The molecule has 1 aliphatic rings. The van der Waals surface area contributed by atoms with Crippen LogP contribution in [0.4, 0.5) is 5.69 Å². The first-order valence-corrected chi connectivity index (χ1v) is 8.64. The molecule has 0 bridgehead atoms. The summed E-state index contributed by atoms with van der Waals surface area (Å²) in [5.41, 5.74) is 2.20. The predicted molar refractivity (Wildman–Crippen MR) is 101 cm³/mol. The molecule has 3 aromatic rings. The highest BCUT2D eigenvalue weighted by Crippen LogP contribution is 2.28. The number of hydrogen-bond donors (Lipinski definition) is 0. The van der Waals surface area contributed by atoms with Gasteiger partial charge in [0.2, 0.25) is 0 Å². The Morgan fingerprint density at radius 2 is 1.58 bits per heavy atom. The highest BCUT2D eigenvalue weighted by Gasteiger charge is 2.24. The minimum absolute atomic E-state index is 0.00310. The Kier molecular flexibility index (Phi) is 4.56. The van der Waals surface area contributed by atoms with Gasteiger partial charge in [-0.3, -0.25) is 4.79 Å². The summed E-state index contributed by atoms with van der Waals surface area (Å²) < 4.78 is 11.5. The molecular weight excluding hydrogens is 326 g/mol. The number of carbonyl (C=O) groups is 1. The zero-order valence-electron chi connectivity index (χ0n) is 14.3. The Bertz CT molecular complexity index is 908. The van der Waals surface area contributed by atoms with Crippen molar-refractivity contribution in [2.75, 3.05) is 18.1 Å². The van der Waals surface area contributed by atoms with Crippen molar-refractivity contribution in [3.05, 3.63) is 84.4 Å². The van der Waals surface area contributed by atoms with Crippen molar-refractivity contribution >= 4 is 11.6 Å². The van der Waals surface area contributed by atoms with Gasteiger partial charge in [0, 0.05) is 18.3 Å². The molecule has 1 amide bonds. The molecule has 1 heterocycles. The summed E-state index contributed by atoms with van der Waals surface area (Å²) in [7, 11) is 0. The second-order valence-electron chi connectivity index (χ2n) is 6.10. The molecule has 0 atom stereocenters. The molecule has 26 heavy (non-hydrogen) atoms. The van der Waals surface area contributed by atoms with E-state index >= 15 is 0 Å². The van der Waals surface area contributed by atoms with Crippen LogP contribution in [0.15, 0.2) is 78.9 Å². The molecule has 0 saturated carbocycles. The minimum atomic E-state index is -0.0377. The van der Waals surface area contributed by atoms with Gasteiger partial charge in [0.25, 0.3) is 5.91 Å². The molecule has 0 spiro atoms. The SMILES string of the molecule is O=C(COc1cccc(Oc2ccccc2)c1)N1CCc2ccccc21. The Balaban J connectivity index is 1.39. The fourth-order valence-corrected chi connectivity index (χ4v) is 3.07. The van der Waals surface area contributed by atoms with E-state index < -0.39 is 0 Å². The number of fused-ring (bicyclic) bond motifs is 1. The van der Waals surface area contributed by atoms with Crippen LogP contribution in [0, 0.1) is 0 Å². The Hall–Kier alpha value is -3.27. The zero-order valence-corrected chi connectivity index (χ0v) is 14.3. The lowest BCUT2D eigenvalue weighted by atomic mass is 10.2. The van der Waals surface area contributed by atoms with E-state index in [4.69, 9.17) is 9.47 Å². The van der Waals surface area contributed by atoms with Gasteiger partial charge in [-0.05, 0) is 42.3 Å². The van der Waals surface area contributed by atoms with Crippen LogP contribution < -0.4 is 14.4 Å². The van der Waals surface area contributed by atoms with Crippen LogP contribution in [0.25, 0.3) is 0 Å².